The number of urea groups is 1. The van der Waals surface area contributed by atoms with Gasteiger partial charge in [0.05, 0.1) is 13.2 Å². The van der Waals surface area contributed by atoms with Gasteiger partial charge in [0.2, 0.25) is 0 Å². The van der Waals surface area contributed by atoms with Crippen LogP contribution in [-0.2, 0) is 4.74 Å². The maximum Gasteiger partial charge on any atom is 0.319 e. The molecule has 0 unspecified atom stereocenters. The molecule has 0 atom stereocenters. The molecule has 1 aliphatic rings. The van der Waals surface area contributed by atoms with Crippen LogP contribution in [-0.4, -0.2) is 50.3 Å². The maximum absolute atomic E-state index is 13.3. The molecule has 0 saturated carbocycles. The number of nitrogens with one attached hydrogen (secondary N) is 2. The number of carbonyl (C=O) groups is 1. The highest BCUT2D eigenvalue weighted by atomic mass is 19.1. The second kappa shape index (κ2) is 7.21. The molecule has 1 aliphatic heterocycles. The number of rotatable bonds is 4. The number of amides is 2. The van der Waals surface area contributed by atoms with Gasteiger partial charge in [0.15, 0.2) is 0 Å². The van der Waals surface area contributed by atoms with Crippen molar-refractivity contribution in [3.8, 4) is 0 Å². The van der Waals surface area contributed by atoms with Gasteiger partial charge in [0.25, 0.3) is 0 Å². The topological polar surface area (TPSA) is 53.6 Å². The quantitative estimate of drug-likeness (QED) is 0.881. The summed E-state index contributed by atoms with van der Waals surface area (Å²) < 4.78 is 18.6. The van der Waals surface area contributed by atoms with E-state index in [2.05, 4.69) is 15.5 Å². The first kappa shape index (κ1) is 14.7. The van der Waals surface area contributed by atoms with Gasteiger partial charge in [-0.3, -0.25) is 4.90 Å². The second-order valence-corrected chi connectivity index (χ2v) is 4.80. The fourth-order valence-electron chi connectivity index (χ4n) is 2.00. The molecule has 1 heterocycles. The fourth-order valence-corrected chi connectivity index (χ4v) is 2.00. The third kappa shape index (κ3) is 4.47. The van der Waals surface area contributed by atoms with Crippen LogP contribution in [0.3, 0.4) is 0 Å². The first-order valence-electron chi connectivity index (χ1n) is 6.76. The molecule has 1 aromatic rings. The Kier molecular flexibility index (Phi) is 5.31. The smallest absolute Gasteiger partial charge is 0.319 e. The molecule has 0 aromatic heterocycles. The highest BCUT2D eigenvalue weighted by molar-refractivity contribution is 5.89. The zero-order chi connectivity index (χ0) is 14.4. The zero-order valence-electron chi connectivity index (χ0n) is 11.6. The molecule has 2 N–H and O–H groups in total. The van der Waals surface area contributed by atoms with E-state index >= 15 is 0 Å². The Hall–Kier alpha value is -1.66. The number of morpholine rings is 1. The van der Waals surface area contributed by atoms with E-state index in [0.29, 0.717) is 17.8 Å². The minimum absolute atomic E-state index is 0.318. The van der Waals surface area contributed by atoms with Crippen molar-refractivity contribution in [2.24, 2.45) is 0 Å². The Bertz CT molecular complexity index is 462. The van der Waals surface area contributed by atoms with Crippen molar-refractivity contribution in [2.75, 3.05) is 44.7 Å². The summed E-state index contributed by atoms with van der Waals surface area (Å²) in [6, 6.07) is 4.32. The molecule has 2 rings (SSSR count). The van der Waals surface area contributed by atoms with Crippen molar-refractivity contribution in [1.82, 2.24) is 10.2 Å². The first-order valence-corrected chi connectivity index (χ1v) is 6.76. The molecular weight excluding hydrogens is 261 g/mol. The molecule has 110 valence electrons. The molecule has 1 saturated heterocycles. The van der Waals surface area contributed by atoms with Crippen molar-refractivity contribution < 1.29 is 13.9 Å². The van der Waals surface area contributed by atoms with E-state index in [-0.39, 0.29) is 11.8 Å². The Balaban J connectivity index is 1.70. The van der Waals surface area contributed by atoms with Crippen LogP contribution in [0.1, 0.15) is 5.56 Å². The SMILES string of the molecule is Cc1ccc(NC(=O)NCCN2CCOCC2)cc1F. The lowest BCUT2D eigenvalue weighted by Gasteiger charge is -2.26. The molecule has 1 fully saturated rings. The Morgan fingerprint density at radius 1 is 1.40 bits per heavy atom. The zero-order valence-corrected chi connectivity index (χ0v) is 11.6. The Labute approximate surface area is 118 Å². The highest BCUT2D eigenvalue weighted by Crippen LogP contribution is 2.13. The van der Waals surface area contributed by atoms with E-state index in [1.54, 1.807) is 19.1 Å². The van der Waals surface area contributed by atoms with Crippen LogP contribution in [0.4, 0.5) is 14.9 Å². The van der Waals surface area contributed by atoms with Crippen LogP contribution < -0.4 is 10.6 Å². The minimum atomic E-state index is -0.323. The van der Waals surface area contributed by atoms with Gasteiger partial charge in [-0.25, -0.2) is 9.18 Å². The maximum atomic E-state index is 13.3. The van der Waals surface area contributed by atoms with Gasteiger partial charge in [-0.05, 0) is 24.6 Å². The molecule has 0 radical (unpaired) electrons. The average Bonchev–Trinajstić information content (AvgIpc) is 2.44. The van der Waals surface area contributed by atoms with Crippen LogP contribution in [0.25, 0.3) is 0 Å². The number of aryl methyl sites for hydroxylation is 1. The van der Waals surface area contributed by atoms with Crippen molar-refractivity contribution in [1.29, 1.82) is 0 Å². The van der Waals surface area contributed by atoms with Gasteiger partial charge in [0, 0.05) is 31.9 Å². The molecule has 5 nitrogen and oxygen atoms in total. The first-order chi connectivity index (χ1) is 9.65. The third-order valence-electron chi connectivity index (χ3n) is 3.25. The Morgan fingerprint density at radius 2 is 2.15 bits per heavy atom. The van der Waals surface area contributed by atoms with E-state index in [1.807, 2.05) is 0 Å². The van der Waals surface area contributed by atoms with Crippen molar-refractivity contribution >= 4 is 11.7 Å². The van der Waals surface area contributed by atoms with Gasteiger partial charge in [-0.2, -0.15) is 0 Å². The normalized spacial score (nSPS) is 15.9. The molecule has 20 heavy (non-hydrogen) atoms. The number of hydrogen-bond donors (Lipinski definition) is 2. The average molecular weight is 281 g/mol. The van der Waals surface area contributed by atoms with Crippen molar-refractivity contribution in [3.63, 3.8) is 0 Å². The van der Waals surface area contributed by atoms with Crippen LogP contribution >= 0.6 is 0 Å². The van der Waals surface area contributed by atoms with Gasteiger partial charge in [-0.1, -0.05) is 6.07 Å². The van der Waals surface area contributed by atoms with E-state index in [1.165, 1.54) is 6.07 Å². The van der Waals surface area contributed by atoms with E-state index in [9.17, 15) is 9.18 Å². The van der Waals surface area contributed by atoms with Gasteiger partial charge in [0.1, 0.15) is 5.82 Å². The number of nitrogens with zero attached hydrogens (tertiary/aromatic N) is 1. The predicted octanol–water partition coefficient (Wildman–Crippen LogP) is 1.59. The predicted molar refractivity (Wildman–Crippen MR) is 75.4 cm³/mol. The summed E-state index contributed by atoms with van der Waals surface area (Å²) in [5, 5.41) is 5.37. The molecule has 1 aromatic carbocycles. The summed E-state index contributed by atoms with van der Waals surface area (Å²) >= 11 is 0. The summed E-state index contributed by atoms with van der Waals surface area (Å²) in [5.74, 6) is -0.323. The number of benzene rings is 1. The third-order valence-corrected chi connectivity index (χ3v) is 3.25. The summed E-state index contributed by atoms with van der Waals surface area (Å²) in [6.45, 7) is 6.31. The molecule has 0 spiro atoms. The highest BCUT2D eigenvalue weighted by Gasteiger charge is 2.10. The molecule has 2 amide bonds. The van der Waals surface area contributed by atoms with E-state index in [4.69, 9.17) is 4.74 Å². The minimum Gasteiger partial charge on any atom is -0.379 e. The number of hydrogen-bond acceptors (Lipinski definition) is 3. The molecular formula is C14H20FN3O2. The lowest BCUT2D eigenvalue weighted by atomic mass is 10.2. The van der Waals surface area contributed by atoms with E-state index < -0.39 is 0 Å². The standard InChI is InChI=1S/C14H20FN3O2/c1-11-2-3-12(10-13(11)15)17-14(19)16-4-5-18-6-8-20-9-7-18/h2-3,10H,4-9H2,1H3,(H2,16,17,19). The summed E-state index contributed by atoms with van der Waals surface area (Å²) in [6.07, 6.45) is 0. The fraction of sp³-hybridized carbons (Fsp3) is 0.500. The van der Waals surface area contributed by atoms with Gasteiger partial charge >= 0.3 is 6.03 Å². The summed E-state index contributed by atoms with van der Waals surface area (Å²) in [4.78, 5) is 13.9. The number of carbonyl (C=O) groups excluding carboxylic acids is 1. The largest absolute Gasteiger partial charge is 0.379 e. The van der Waals surface area contributed by atoms with Crippen LogP contribution in [0.5, 0.6) is 0 Å². The summed E-state index contributed by atoms with van der Waals surface area (Å²) in [7, 11) is 0. The van der Waals surface area contributed by atoms with Crippen molar-refractivity contribution in [3.05, 3.63) is 29.6 Å². The number of halogens is 1. The van der Waals surface area contributed by atoms with Gasteiger partial charge in [-0.15, -0.1) is 0 Å². The van der Waals surface area contributed by atoms with Crippen LogP contribution in [0, 0.1) is 12.7 Å². The monoisotopic (exact) mass is 281 g/mol. The van der Waals surface area contributed by atoms with Crippen LogP contribution in [0.2, 0.25) is 0 Å². The van der Waals surface area contributed by atoms with Crippen molar-refractivity contribution in [2.45, 2.75) is 6.92 Å². The molecule has 0 bridgehead atoms. The van der Waals surface area contributed by atoms with Gasteiger partial charge < -0.3 is 15.4 Å². The Morgan fingerprint density at radius 3 is 2.85 bits per heavy atom. The second-order valence-electron chi connectivity index (χ2n) is 4.80. The summed E-state index contributed by atoms with van der Waals surface area (Å²) in [5.41, 5.74) is 1.01. The number of ether oxygens (including phenoxy) is 1. The van der Waals surface area contributed by atoms with E-state index in [0.717, 1.165) is 32.8 Å². The molecule has 6 heteroatoms. The van der Waals surface area contributed by atoms with Crippen LogP contribution in [0.15, 0.2) is 18.2 Å². The number of anilines is 1. The molecule has 0 aliphatic carbocycles. The lowest BCUT2D eigenvalue weighted by Crippen LogP contribution is -2.42. The lowest BCUT2D eigenvalue weighted by molar-refractivity contribution is 0.0388.